The first-order valence-corrected chi connectivity index (χ1v) is 5.56. The second-order valence-corrected chi connectivity index (χ2v) is 4.33. The molecule has 0 spiro atoms. The Morgan fingerprint density at radius 2 is 1.88 bits per heavy atom. The van der Waals surface area contributed by atoms with E-state index in [2.05, 4.69) is 0 Å². The Balaban J connectivity index is 2.60. The van der Waals surface area contributed by atoms with E-state index in [-0.39, 0.29) is 16.5 Å². The van der Waals surface area contributed by atoms with Gasteiger partial charge in [-0.05, 0) is 11.6 Å². The fourth-order valence-electron chi connectivity index (χ4n) is 1.27. The summed E-state index contributed by atoms with van der Waals surface area (Å²) in [6.07, 6.45) is -6.08. The summed E-state index contributed by atoms with van der Waals surface area (Å²) in [5.41, 5.74) is 0.450. The molecule has 0 aliphatic carbocycles. The lowest BCUT2D eigenvalue weighted by Gasteiger charge is -2.07. The fraction of sp³-hybridized carbons (Fsp3) is 0.364. The molecule has 6 heteroatoms. The maximum Gasteiger partial charge on any atom is 0.389 e. The number of hydrogen-bond acceptors (Lipinski definition) is 1. The predicted octanol–water partition coefficient (Wildman–Crippen LogP) is 4.45. The first-order valence-electron chi connectivity index (χ1n) is 4.81. The molecule has 0 radical (unpaired) electrons. The van der Waals surface area contributed by atoms with Gasteiger partial charge in [-0.1, -0.05) is 35.3 Å². The van der Waals surface area contributed by atoms with Crippen LogP contribution in [0.5, 0.6) is 0 Å². The molecule has 0 aliphatic heterocycles. The van der Waals surface area contributed by atoms with Crippen LogP contribution in [-0.4, -0.2) is 12.0 Å². The van der Waals surface area contributed by atoms with Crippen LogP contribution in [0.15, 0.2) is 18.2 Å². The summed E-state index contributed by atoms with van der Waals surface area (Å²) in [5.74, 6) is -0.508. The fourth-order valence-corrected chi connectivity index (χ4v) is 1.65. The summed E-state index contributed by atoms with van der Waals surface area (Å²) in [4.78, 5) is 11.3. The van der Waals surface area contributed by atoms with Gasteiger partial charge in [-0.25, -0.2) is 0 Å². The lowest BCUT2D eigenvalue weighted by molar-refractivity contribution is -0.143. The second kappa shape index (κ2) is 5.74. The van der Waals surface area contributed by atoms with Gasteiger partial charge in [-0.2, -0.15) is 13.2 Å². The minimum Gasteiger partial charge on any atom is -0.299 e. The van der Waals surface area contributed by atoms with Gasteiger partial charge in [0.15, 0.2) is 0 Å². The molecule has 0 unspecified atom stereocenters. The highest BCUT2D eigenvalue weighted by Gasteiger charge is 2.27. The molecule has 17 heavy (non-hydrogen) atoms. The van der Waals surface area contributed by atoms with Crippen LogP contribution >= 0.6 is 23.2 Å². The van der Waals surface area contributed by atoms with E-state index in [1.807, 2.05) is 0 Å². The normalized spacial score (nSPS) is 11.6. The topological polar surface area (TPSA) is 17.1 Å². The van der Waals surface area contributed by atoms with Gasteiger partial charge < -0.3 is 0 Å². The number of halogens is 5. The summed E-state index contributed by atoms with van der Waals surface area (Å²) in [6.45, 7) is 0. The SMILES string of the molecule is O=C(CCC(F)(F)F)Cc1cccc(Cl)c1Cl. The van der Waals surface area contributed by atoms with Gasteiger partial charge in [0.25, 0.3) is 0 Å². The largest absolute Gasteiger partial charge is 0.389 e. The number of carbonyl (C=O) groups is 1. The zero-order chi connectivity index (χ0) is 13.1. The zero-order valence-electron chi connectivity index (χ0n) is 8.65. The van der Waals surface area contributed by atoms with Crippen LogP contribution in [-0.2, 0) is 11.2 Å². The average Bonchev–Trinajstić information content (AvgIpc) is 2.21. The highest BCUT2D eigenvalue weighted by molar-refractivity contribution is 6.42. The Bertz CT molecular complexity index is 416. The Labute approximate surface area is 107 Å². The van der Waals surface area contributed by atoms with Gasteiger partial charge in [-0.15, -0.1) is 0 Å². The van der Waals surface area contributed by atoms with Crippen LogP contribution in [0.4, 0.5) is 13.2 Å². The van der Waals surface area contributed by atoms with Crippen LogP contribution < -0.4 is 0 Å². The average molecular weight is 285 g/mol. The summed E-state index contributed by atoms with van der Waals surface area (Å²) in [5, 5.41) is 0.502. The maximum absolute atomic E-state index is 11.9. The first-order chi connectivity index (χ1) is 7.79. The molecular weight excluding hydrogens is 276 g/mol. The molecule has 94 valence electrons. The quantitative estimate of drug-likeness (QED) is 0.798. The van der Waals surface area contributed by atoms with E-state index < -0.39 is 24.8 Å². The number of benzene rings is 1. The molecule has 0 bridgehead atoms. The first kappa shape index (κ1) is 14.3. The summed E-state index contributed by atoms with van der Waals surface area (Å²) < 4.78 is 35.7. The highest BCUT2D eigenvalue weighted by atomic mass is 35.5. The Hall–Kier alpha value is -0.740. The minimum atomic E-state index is -4.31. The van der Waals surface area contributed by atoms with Crippen molar-refractivity contribution in [2.24, 2.45) is 0 Å². The molecule has 1 rings (SSSR count). The molecule has 0 fully saturated rings. The summed E-state index contributed by atoms with van der Waals surface area (Å²) in [6, 6.07) is 4.72. The third-order valence-electron chi connectivity index (χ3n) is 2.11. The zero-order valence-corrected chi connectivity index (χ0v) is 10.2. The summed E-state index contributed by atoms with van der Waals surface area (Å²) >= 11 is 11.5. The number of hydrogen-bond donors (Lipinski definition) is 0. The van der Waals surface area contributed by atoms with Crippen molar-refractivity contribution in [1.82, 2.24) is 0 Å². The standard InChI is InChI=1S/C11H9Cl2F3O/c12-9-3-1-2-7(10(9)13)6-8(17)4-5-11(14,15)16/h1-3H,4-6H2. The van der Waals surface area contributed by atoms with E-state index in [1.165, 1.54) is 0 Å². The number of Topliss-reactive ketones (excluding diaryl/α,β-unsaturated/α-hetero) is 1. The van der Waals surface area contributed by atoms with E-state index >= 15 is 0 Å². The molecular formula is C11H9Cl2F3O. The molecule has 0 atom stereocenters. The number of alkyl halides is 3. The monoisotopic (exact) mass is 284 g/mol. The van der Waals surface area contributed by atoms with Crippen molar-refractivity contribution in [3.05, 3.63) is 33.8 Å². The Kier molecular flexibility index (Phi) is 4.83. The molecule has 0 heterocycles. The molecule has 0 aliphatic rings. The number of rotatable bonds is 4. The van der Waals surface area contributed by atoms with Crippen LogP contribution in [0, 0.1) is 0 Å². The third-order valence-corrected chi connectivity index (χ3v) is 2.96. The van der Waals surface area contributed by atoms with Gasteiger partial charge in [0.2, 0.25) is 0 Å². The van der Waals surface area contributed by atoms with E-state index in [9.17, 15) is 18.0 Å². The smallest absolute Gasteiger partial charge is 0.299 e. The van der Waals surface area contributed by atoms with Crippen LogP contribution in [0.25, 0.3) is 0 Å². The van der Waals surface area contributed by atoms with Crippen molar-refractivity contribution < 1.29 is 18.0 Å². The molecule has 0 N–H and O–H groups in total. The molecule has 1 aromatic carbocycles. The van der Waals surface area contributed by atoms with Crippen molar-refractivity contribution in [2.45, 2.75) is 25.4 Å². The molecule has 0 amide bonds. The van der Waals surface area contributed by atoms with Gasteiger partial charge in [0, 0.05) is 12.8 Å². The Morgan fingerprint density at radius 3 is 2.47 bits per heavy atom. The van der Waals surface area contributed by atoms with Crippen molar-refractivity contribution in [3.8, 4) is 0 Å². The van der Waals surface area contributed by atoms with E-state index in [0.29, 0.717) is 5.56 Å². The minimum absolute atomic E-state index is 0.129. The van der Waals surface area contributed by atoms with E-state index in [1.54, 1.807) is 18.2 Å². The van der Waals surface area contributed by atoms with Gasteiger partial charge >= 0.3 is 6.18 Å². The lowest BCUT2D eigenvalue weighted by Crippen LogP contribution is -2.12. The second-order valence-electron chi connectivity index (χ2n) is 3.54. The highest BCUT2D eigenvalue weighted by Crippen LogP contribution is 2.27. The van der Waals surface area contributed by atoms with E-state index in [4.69, 9.17) is 23.2 Å². The third kappa shape index (κ3) is 4.96. The lowest BCUT2D eigenvalue weighted by atomic mass is 10.1. The molecule has 0 aromatic heterocycles. The predicted molar refractivity (Wildman–Crippen MR) is 60.5 cm³/mol. The van der Waals surface area contributed by atoms with Gasteiger partial charge in [0.05, 0.1) is 16.5 Å². The van der Waals surface area contributed by atoms with Crippen LogP contribution in [0.1, 0.15) is 18.4 Å². The summed E-state index contributed by atoms with van der Waals surface area (Å²) in [7, 11) is 0. The van der Waals surface area contributed by atoms with Crippen LogP contribution in [0.3, 0.4) is 0 Å². The van der Waals surface area contributed by atoms with Crippen LogP contribution in [0.2, 0.25) is 10.0 Å². The van der Waals surface area contributed by atoms with Crippen molar-refractivity contribution in [3.63, 3.8) is 0 Å². The number of ketones is 1. The van der Waals surface area contributed by atoms with Gasteiger partial charge in [-0.3, -0.25) is 4.79 Å². The van der Waals surface area contributed by atoms with Crippen molar-refractivity contribution >= 4 is 29.0 Å². The molecule has 1 nitrogen and oxygen atoms in total. The molecule has 0 saturated carbocycles. The Morgan fingerprint density at radius 1 is 1.24 bits per heavy atom. The maximum atomic E-state index is 11.9. The number of carbonyl (C=O) groups excluding carboxylic acids is 1. The van der Waals surface area contributed by atoms with E-state index in [0.717, 1.165) is 0 Å². The molecule has 0 saturated heterocycles. The van der Waals surface area contributed by atoms with Crippen molar-refractivity contribution in [2.75, 3.05) is 0 Å². The van der Waals surface area contributed by atoms with Crippen molar-refractivity contribution in [1.29, 1.82) is 0 Å². The molecule has 1 aromatic rings. The van der Waals surface area contributed by atoms with Gasteiger partial charge in [0.1, 0.15) is 5.78 Å².